The highest BCUT2D eigenvalue weighted by Gasteiger charge is 2.27. The van der Waals surface area contributed by atoms with Gasteiger partial charge in [-0.25, -0.2) is 4.39 Å². The summed E-state index contributed by atoms with van der Waals surface area (Å²) in [4.78, 5) is 25.0. The van der Waals surface area contributed by atoms with Crippen LogP contribution in [0.3, 0.4) is 0 Å². The normalized spacial score (nSPS) is 12.3. The van der Waals surface area contributed by atoms with Crippen LogP contribution in [0.5, 0.6) is 0 Å². The highest BCUT2D eigenvalue weighted by Crippen LogP contribution is 2.28. The van der Waals surface area contributed by atoms with E-state index < -0.39 is 23.7 Å². The maximum absolute atomic E-state index is 13.8. The van der Waals surface area contributed by atoms with Crippen LogP contribution < -0.4 is 10.6 Å². The monoisotopic (exact) mass is 392 g/mol. The number of carbonyl (C=O) groups excluding carboxylic acids is 2. The van der Waals surface area contributed by atoms with Gasteiger partial charge in [0, 0.05) is 5.92 Å². The average molecular weight is 393 g/mol. The highest BCUT2D eigenvalue weighted by atomic mass is 32.1. The van der Waals surface area contributed by atoms with Gasteiger partial charge in [0.05, 0.1) is 5.56 Å². The third-order valence-electron chi connectivity index (χ3n) is 4.36. The predicted octanol–water partition coefficient (Wildman–Crippen LogP) is 3.97. The van der Waals surface area contributed by atoms with Crippen LogP contribution in [-0.2, 0) is 4.79 Å². The van der Waals surface area contributed by atoms with Crippen molar-refractivity contribution in [2.24, 2.45) is 5.92 Å². The minimum Gasteiger partial charge on any atom is -0.340 e. The van der Waals surface area contributed by atoms with Gasteiger partial charge in [0.2, 0.25) is 11.0 Å². The molecular weight excluding hydrogens is 367 g/mol. The van der Waals surface area contributed by atoms with Gasteiger partial charge in [0.25, 0.3) is 5.91 Å². The van der Waals surface area contributed by atoms with Gasteiger partial charge in [-0.15, -0.1) is 10.2 Å². The first kappa shape index (κ1) is 21.0. The minimum absolute atomic E-state index is 0.0946. The molecule has 6 nitrogen and oxygen atoms in total. The number of carbonyl (C=O) groups is 2. The molecule has 2 rings (SSSR count). The fourth-order valence-electron chi connectivity index (χ4n) is 2.67. The van der Waals surface area contributed by atoms with Gasteiger partial charge in [0.15, 0.2) is 0 Å². The van der Waals surface area contributed by atoms with Crippen LogP contribution in [0.25, 0.3) is 0 Å². The number of nitrogens with zero attached hydrogens (tertiary/aromatic N) is 2. The van der Waals surface area contributed by atoms with Gasteiger partial charge in [0.1, 0.15) is 16.9 Å². The molecule has 0 aliphatic heterocycles. The second-order valence-electron chi connectivity index (χ2n) is 6.62. The predicted molar refractivity (Wildman–Crippen MR) is 104 cm³/mol. The van der Waals surface area contributed by atoms with Crippen molar-refractivity contribution in [2.45, 2.75) is 52.5 Å². The first-order valence-corrected chi connectivity index (χ1v) is 9.88. The van der Waals surface area contributed by atoms with Crippen molar-refractivity contribution >= 4 is 28.3 Å². The second kappa shape index (κ2) is 9.55. The molecule has 2 aromatic rings. The van der Waals surface area contributed by atoms with Crippen LogP contribution in [-0.4, -0.2) is 28.1 Å². The Labute approximate surface area is 162 Å². The maximum Gasteiger partial charge on any atom is 0.254 e. The van der Waals surface area contributed by atoms with Crippen LogP contribution in [0, 0.1) is 11.7 Å². The average Bonchev–Trinajstić information content (AvgIpc) is 3.08. The number of aromatic nitrogens is 2. The lowest BCUT2D eigenvalue weighted by Gasteiger charge is -2.21. The lowest BCUT2D eigenvalue weighted by molar-refractivity contribution is -0.118. The lowest BCUT2D eigenvalue weighted by atomic mass is 10.0. The van der Waals surface area contributed by atoms with Gasteiger partial charge in [-0.2, -0.15) is 0 Å². The van der Waals surface area contributed by atoms with Crippen molar-refractivity contribution in [1.82, 2.24) is 15.5 Å². The number of anilines is 1. The van der Waals surface area contributed by atoms with E-state index in [1.807, 2.05) is 13.8 Å². The Morgan fingerprint density at radius 3 is 2.41 bits per heavy atom. The molecule has 2 N–H and O–H groups in total. The summed E-state index contributed by atoms with van der Waals surface area (Å²) in [5.74, 6) is -1.53. The van der Waals surface area contributed by atoms with E-state index in [1.54, 1.807) is 6.07 Å². The lowest BCUT2D eigenvalue weighted by Crippen LogP contribution is -2.47. The van der Waals surface area contributed by atoms with E-state index in [1.165, 1.54) is 29.5 Å². The van der Waals surface area contributed by atoms with Crippen molar-refractivity contribution in [1.29, 1.82) is 0 Å². The molecule has 27 heavy (non-hydrogen) atoms. The maximum atomic E-state index is 13.8. The summed E-state index contributed by atoms with van der Waals surface area (Å²) in [6, 6.07) is 4.85. The molecule has 8 heteroatoms. The zero-order valence-electron chi connectivity index (χ0n) is 16.0. The quantitative estimate of drug-likeness (QED) is 0.712. The summed E-state index contributed by atoms with van der Waals surface area (Å²) in [7, 11) is 0. The largest absolute Gasteiger partial charge is 0.340 e. The third kappa shape index (κ3) is 5.32. The van der Waals surface area contributed by atoms with Crippen LogP contribution in [0.15, 0.2) is 24.3 Å². The topological polar surface area (TPSA) is 84.0 Å². The number of rotatable bonds is 8. The van der Waals surface area contributed by atoms with E-state index in [-0.39, 0.29) is 11.5 Å². The summed E-state index contributed by atoms with van der Waals surface area (Å²) in [6.45, 7) is 7.78. The van der Waals surface area contributed by atoms with Crippen LogP contribution >= 0.6 is 11.3 Å². The number of hydrogen-bond donors (Lipinski definition) is 2. The number of nitrogens with one attached hydrogen (secondary N) is 2. The fourth-order valence-corrected chi connectivity index (χ4v) is 3.68. The molecule has 1 unspecified atom stereocenters. The molecule has 0 bridgehead atoms. The first-order valence-electron chi connectivity index (χ1n) is 9.06. The van der Waals surface area contributed by atoms with E-state index >= 15 is 0 Å². The Balaban J connectivity index is 2.09. The Morgan fingerprint density at radius 1 is 1.15 bits per heavy atom. The van der Waals surface area contributed by atoms with E-state index in [0.717, 1.165) is 17.8 Å². The van der Waals surface area contributed by atoms with Crippen molar-refractivity contribution in [3.8, 4) is 0 Å². The van der Waals surface area contributed by atoms with Gasteiger partial charge in [-0.05, 0) is 30.9 Å². The number of benzene rings is 1. The molecule has 0 fully saturated rings. The van der Waals surface area contributed by atoms with E-state index in [4.69, 9.17) is 0 Å². The zero-order chi connectivity index (χ0) is 20.0. The van der Waals surface area contributed by atoms with Crippen LogP contribution in [0.1, 0.15) is 61.8 Å². The van der Waals surface area contributed by atoms with Gasteiger partial charge in [-0.3, -0.25) is 14.9 Å². The van der Waals surface area contributed by atoms with Gasteiger partial charge < -0.3 is 5.32 Å². The van der Waals surface area contributed by atoms with Crippen molar-refractivity contribution in [2.75, 3.05) is 5.32 Å². The van der Waals surface area contributed by atoms with E-state index in [2.05, 4.69) is 34.7 Å². The summed E-state index contributed by atoms with van der Waals surface area (Å²) in [5, 5.41) is 14.8. The summed E-state index contributed by atoms with van der Waals surface area (Å²) >= 11 is 1.34. The Hall–Kier alpha value is -2.35. The Morgan fingerprint density at radius 2 is 1.81 bits per heavy atom. The Bertz CT molecular complexity index is 790. The molecule has 0 saturated heterocycles. The molecule has 1 aromatic heterocycles. The fraction of sp³-hybridized carbons (Fsp3) is 0.474. The molecule has 2 amide bonds. The van der Waals surface area contributed by atoms with Gasteiger partial charge >= 0.3 is 0 Å². The molecule has 0 saturated carbocycles. The van der Waals surface area contributed by atoms with Gasteiger partial charge in [-0.1, -0.05) is 51.2 Å². The summed E-state index contributed by atoms with van der Waals surface area (Å²) in [6.07, 6.45) is 1.90. The number of halogens is 1. The smallest absolute Gasteiger partial charge is 0.254 e. The van der Waals surface area contributed by atoms with E-state index in [0.29, 0.717) is 11.0 Å². The molecule has 0 spiro atoms. The zero-order valence-corrected chi connectivity index (χ0v) is 16.8. The van der Waals surface area contributed by atoms with Crippen LogP contribution in [0.4, 0.5) is 9.52 Å². The molecule has 1 heterocycles. The number of amides is 2. The Kier molecular flexibility index (Phi) is 7.41. The standard InChI is InChI=1S/C19H25FN4O2S/c1-5-12(6-2)18-23-24-19(27-18)22-17(26)15(11(3)4)21-16(25)13-9-7-8-10-14(13)20/h7-12,15H,5-6H2,1-4H3,(H,21,25)(H,22,24,26). The first-order chi connectivity index (χ1) is 12.9. The summed E-state index contributed by atoms with van der Waals surface area (Å²) in [5.41, 5.74) is -0.0946. The molecule has 1 atom stereocenters. The molecule has 146 valence electrons. The highest BCUT2D eigenvalue weighted by molar-refractivity contribution is 7.15. The second-order valence-corrected chi connectivity index (χ2v) is 7.63. The van der Waals surface area contributed by atoms with Crippen molar-refractivity contribution < 1.29 is 14.0 Å². The third-order valence-corrected chi connectivity index (χ3v) is 5.36. The molecule has 1 aromatic carbocycles. The van der Waals surface area contributed by atoms with E-state index in [9.17, 15) is 14.0 Å². The SMILES string of the molecule is CCC(CC)c1nnc(NC(=O)C(NC(=O)c2ccccc2F)C(C)C)s1. The van der Waals surface area contributed by atoms with Crippen molar-refractivity contribution in [3.63, 3.8) is 0 Å². The molecule has 0 radical (unpaired) electrons. The summed E-state index contributed by atoms with van der Waals surface area (Å²) < 4.78 is 13.8. The molecule has 0 aliphatic rings. The number of hydrogen-bond acceptors (Lipinski definition) is 5. The van der Waals surface area contributed by atoms with Crippen molar-refractivity contribution in [3.05, 3.63) is 40.7 Å². The van der Waals surface area contributed by atoms with Crippen LogP contribution in [0.2, 0.25) is 0 Å². The molecular formula is C19H25FN4O2S. The molecule has 0 aliphatic carbocycles. The minimum atomic E-state index is -0.822.